The Labute approximate surface area is 110 Å². The Kier molecular flexibility index (Phi) is 3.12. The van der Waals surface area contributed by atoms with E-state index in [-0.39, 0.29) is 5.84 Å². The van der Waals surface area contributed by atoms with Crippen LogP contribution < -0.4 is 10.6 Å². The monoisotopic (exact) mass is 269 g/mol. The lowest BCUT2D eigenvalue weighted by atomic mass is 9.90. The molecule has 18 heavy (non-hydrogen) atoms. The van der Waals surface area contributed by atoms with Gasteiger partial charge in [0, 0.05) is 6.20 Å². The minimum Gasteiger partial charge on any atom is -0.409 e. The number of hydrogen-bond acceptors (Lipinski definition) is 6. The summed E-state index contributed by atoms with van der Waals surface area (Å²) in [7, 11) is -0.514. The highest BCUT2D eigenvalue weighted by Gasteiger charge is 2.52. The first-order chi connectivity index (χ1) is 8.27. The van der Waals surface area contributed by atoms with Gasteiger partial charge in [-0.3, -0.25) is 4.98 Å². The zero-order valence-corrected chi connectivity index (χ0v) is 11.6. The number of aromatic nitrogens is 1. The van der Waals surface area contributed by atoms with Gasteiger partial charge in [-0.05, 0) is 27.7 Å². The summed E-state index contributed by atoms with van der Waals surface area (Å²) in [6.45, 7) is 7.91. The Balaban J connectivity index is 2.23. The molecule has 0 saturated carbocycles. The molecule has 6 nitrogen and oxygen atoms in total. The maximum Gasteiger partial charge on any atom is 0.525 e. The smallest absolute Gasteiger partial charge is 0.409 e. The molecule has 1 aliphatic heterocycles. The second kappa shape index (κ2) is 4.22. The van der Waals surface area contributed by atoms with E-state index >= 15 is 0 Å². The number of rotatable bonds is 2. The van der Waals surface area contributed by atoms with Crippen molar-refractivity contribution in [2.24, 2.45) is 10.9 Å². The highest BCUT2D eigenvalue weighted by atomic mass is 32.1. The molecule has 0 radical (unpaired) electrons. The van der Waals surface area contributed by atoms with Gasteiger partial charge in [-0.1, -0.05) is 5.16 Å². The lowest BCUT2D eigenvalue weighted by Gasteiger charge is -2.32. The van der Waals surface area contributed by atoms with Gasteiger partial charge in [0.1, 0.15) is 4.91 Å². The van der Waals surface area contributed by atoms with Crippen LogP contribution in [0.4, 0.5) is 0 Å². The highest BCUT2D eigenvalue weighted by Crippen LogP contribution is 2.36. The second-order valence-electron chi connectivity index (χ2n) is 5.14. The minimum atomic E-state index is -0.514. The SMILES string of the molecule is CC1(C)OB(c2ncc(/C(N)=N/O)s2)OC1(C)C. The third-order valence-corrected chi connectivity index (χ3v) is 4.38. The molecule has 8 heteroatoms. The molecule has 0 atom stereocenters. The fourth-order valence-corrected chi connectivity index (χ4v) is 2.28. The van der Waals surface area contributed by atoms with E-state index in [4.69, 9.17) is 20.2 Å². The number of nitrogens with zero attached hydrogens (tertiary/aromatic N) is 2. The van der Waals surface area contributed by atoms with E-state index in [2.05, 4.69) is 10.1 Å². The van der Waals surface area contributed by atoms with Crippen LogP contribution in [0.15, 0.2) is 11.4 Å². The third-order valence-electron chi connectivity index (χ3n) is 3.34. The van der Waals surface area contributed by atoms with Gasteiger partial charge in [0.25, 0.3) is 0 Å². The summed E-state index contributed by atoms with van der Waals surface area (Å²) in [5.74, 6) is 0.0373. The van der Waals surface area contributed by atoms with E-state index in [1.165, 1.54) is 11.3 Å². The molecule has 1 fully saturated rings. The average Bonchev–Trinajstić information content (AvgIpc) is 2.82. The Bertz CT molecular complexity index is 470. The molecule has 1 aliphatic rings. The predicted molar refractivity (Wildman–Crippen MR) is 70.3 cm³/mol. The number of hydrogen-bond donors (Lipinski definition) is 2. The fraction of sp³-hybridized carbons (Fsp3) is 0.600. The molecule has 0 spiro atoms. The molecule has 98 valence electrons. The summed E-state index contributed by atoms with van der Waals surface area (Å²) in [5, 5.41) is 11.5. The number of nitrogens with two attached hydrogens (primary N) is 1. The van der Waals surface area contributed by atoms with Crippen LogP contribution >= 0.6 is 11.3 Å². The van der Waals surface area contributed by atoms with Crippen molar-refractivity contribution in [2.45, 2.75) is 38.9 Å². The number of thiazole rings is 1. The molecule has 3 N–H and O–H groups in total. The van der Waals surface area contributed by atoms with Crippen LogP contribution in [0.1, 0.15) is 32.6 Å². The van der Waals surface area contributed by atoms with E-state index in [1.807, 2.05) is 27.7 Å². The van der Waals surface area contributed by atoms with Gasteiger partial charge in [-0.15, -0.1) is 11.3 Å². The van der Waals surface area contributed by atoms with E-state index in [0.717, 1.165) is 0 Å². The van der Waals surface area contributed by atoms with Gasteiger partial charge in [0.2, 0.25) is 0 Å². The molecule has 2 heterocycles. The lowest BCUT2D eigenvalue weighted by molar-refractivity contribution is 0.00578. The van der Waals surface area contributed by atoms with E-state index < -0.39 is 18.3 Å². The Morgan fingerprint density at radius 2 is 1.94 bits per heavy atom. The van der Waals surface area contributed by atoms with Gasteiger partial charge >= 0.3 is 7.12 Å². The number of oxime groups is 1. The van der Waals surface area contributed by atoms with Crippen LogP contribution in [0, 0.1) is 0 Å². The van der Waals surface area contributed by atoms with Crippen molar-refractivity contribution < 1.29 is 14.5 Å². The summed E-state index contributed by atoms with van der Waals surface area (Å²) in [5.41, 5.74) is 4.70. The third kappa shape index (κ3) is 2.11. The topological polar surface area (TPSA) is 90.0 Å². The first-order valence-corrected chi connectivity index (χ1v) is 6.38. The lowest BCUT2D eigenvalue weighted by Crippen LogP contribution is -2.41. The van der Waals surface area contributed by atoms with Gasteiger partial charge in [0.05, 0.1) is 16.1 Å². The fourth-order valence-electron chi connectivity index (χ4n) is 1.51. The maximum absolute atomic E-state index is 8.61. The Hall–Kier alpha value is -1.12. The maximum atomic E-state index is 8.61. The van der Waals surface area contributed by atoms with Crippen molar-refractivity contribution in [2.75, 3.05) is 0 Å². The summed E-state index contributed by atoms with van der Waals surface area (Å²) in [6, 6.07) is 0. The molecule has 0 unspecified atom stereocenters. The Morgan fingerprint density at radius 1 is 1.39 bits per heavy atom. The van der Waals surface area contributed by atoms with E-state index in [1.54, 1.807) is 6.20 Å². The van der Waals surface area contributed by atoms with Crippen molar-refractivity contribution in [1.29, 1.82) is 0 Å². The van der Waals surface area contributed by atoms with Crippen LogP contribution in [0.3, 0.4) is 0 Å². The van der Waals surface area contributed by atoms with Crippen LogP contribution in [0.2, 0.25) is 0 Å². The van der Waals surface area contributed by atoms with Crippen molar-refractivity contribution >= 4 is 29.2 Å². The molecule has 1 aromatic heterocycles. The predicted octanol–water partition coefficient (Wildman–Crippen LogP) is 0.537. The zero-order chi connectivity index (χ0) is 13.6. The molecular weight excluding hydrogens is 253 g/mol. The van der Waals surface area contributed by atoms with Gasteiger partial charge in [-0.2, -0.15) is 0 Å². The number of amidine groups is 1. The zero-order valence-electron chi connectivity index (χ0n) is 10.8. The van der Waals surface area contributed by atoms with Crippen molar-refractivity contribution in [1.82, 2.24) is 4.98 Å². The van der Waals surface area contributed by atoms with Crippen LogP contribution in [0.5, 0.6) is 0 Å². The first-order valence-electron chi connectivity index (χ1n) is 5.56. The van der Waals surface area contributed by atoms with Crippen LogP contribution in [0.25, 0.3) is 0 Å². The molecule has 0 aliphatic carbocycles. The molecular formula is C10H16BN3O3S. The molecule has 1 saturated heterocycles. The molecule has 0 bridgehead atoms. The van der Waals surface area contributed by atoms with Gasteiger partial charge in [-0.25, -0.2) is 0 Å². The van der Waals surface area contributed by atoms with Gasteiger partial charge in [0.15, 0.2) is 5.84 Å². The summed E-state index contributed by atoms with van der Waals surface area (Å²) < 4.78 is 11.7. The standard InChI is InChI=1S/C10H16BN3O3S/c1-9(2)10(3,4)17-11(16-9)8-13-5-6(18-8)7(12)14-15/h5,15H,1-4H3,(H2,12,14). The molecule has 2 rings (SSSR count). The van der Waals surface area contributed by atoms with E-state index in [9.17, 15) is 0 Å². The largest absolute Gasteiger partial charge is 0.525 e. The average molecular weight is 269 g/mol. The molecule has 1 aromatic rings. The van der Waals surface area contributed by atoms with Crippen molar-refractivity contribution in [3.05, 3.63) is 11.1 Å². The van der Waals surface area contributed by atoms with Crippen LogP contribution in [-0.2, 0) is 9.31 Å². The second-order valence-corrected chi connectivity index (χ2v) is 6.20. The molecule has 0 aromatic carbocycles. The minimum absolute atomic E-state index is 0.0373. The summed E-state index contributed by atoms with van der Waals surface area (Å²) in [4.78, 5) is 5.44. The Morgan fingerprint density at radius 3 is 2.44 bits per heavy atom. The first kappa shape index (κ1) is 13.3. The normalized spacial score (nSPS) is 22.4. The van der Waals surface area contributed by atoms with Crippen molar-refractivity contribution in [3.63, 3.8) is 0 Å². The van der Waals surface area contributed by atoms with E-state index in [0.29, 0.717) is 9.78 Å². The quantitative estimate of drug-likeness (QED) is 0.269. The van der Waals surface area contributed by atoms with Crippen molar-refractivity contribution in [3.8, 4) is 0 Å². The van der Waals surface area contributed by atoms with Gasteiger partial charge < -0.3 is 20.2 Å². The van der Waals surface area contributed by atoms with Crippen LogP contribution in [-0.4, -0.2) is 34.3 Å². The molecule has 0 amide bonds. The highest BCUT2D eigenvalue weighted by molar-refractivity contribution is 7.23. The summed E-state index contributed by atoms with van der Waals surface area (Å²) >= 11 is 1.29. The summed E-state index contributed by atoms with van der Waals surface area (Å²) in [6.07, 6.45) is 1.54.